The van der Waals surface area contributed by atoms with E-state index in [1.807, 2.05) is 72.8 Å². The van der Waals surface area contributed by atoms with Gasteiger partial charge in [0.1, 0.15) is 159 Å². The lowest BCUT2D eigenvalue weighted by Crippen LogP contribution is -2.68. The van der Waals surface area contributed by atoms with Gasteiger partial charge in [0.15, 0.2) is 44.0 Å². The Morgan fingerprint density at radius 1 is 0.258 bits per heavy atom. The first-order valence-electron chi connectivity index (χ1n) is 31.8. The van der Waals surface area contributed by atoms with E-state index in [4.69, 9.17) is 66.3 Å². The van der Waals surface area contributed by atoms with E-state index in [1.165, 1.54) is 23.5 Å². The highest BCUT2D eigenvalue weighted by Gasteiger charge is 2.60. The Morgan fingerprint density at radius 2 is 0.485 bits per heavy atom. The number of aliphatic hydroxyl groups is 19. The summed E-state index contributed by atoms with van der Waals surface area (Å²) in [6.45, 7) is -5.06. The highest BCUT2D eigenvalue weighted by molar-refractivity contribution is 7.98. The zero-order valence-electron chi connectivity index (χ0n) is 51.5. The van der Waals surface area contributed by atoms with Gasteiger partial charge < -0.3 is 163 Å². The normalized spacial score (nSPS) is 47.2. The Balaban J connectivity index is 0.921. The van der Waals surface area contributed by atoms with E-state index >= 15 is 0 Å². The van der Waals surface area contributed by atoms with Gasteiger partial charge in [-0.05, 0) is 39.4 Å². The van der Waals surface area contributed by atoms with E-state index in [2.05, 4.69) is 0 Å². The fourth-order valence-electron chi connectivity index (χ4n) is 13.4. The molecular formula is C62H84O33S2. The van der Waals surface area contributed by atoms with Gasteiger partial charge >= 0.3 is 0 Å². The molecule has 23 heterocycles. The van der Waals surface area contributed by atoms with Gasteiger partial charge in [-0.15, -0.1) is 0 Å². The molecule has 0 amide bonds. The molecule has 26 rings (SSSR count). The standard InChI is InChI=1S/C62H84O33S2/c63-13-28-49-35(68)42(75)56(82-28)90-50-29(14-64)85-59(45(78)38(50)71)94-54-33-20-96-18-22-4-8-24(9-5-22)26-2-1-3-27(12-26)25-10-6-23(7-11-25)19-97-21-34-55(40(73)47(80)61(87-34)92-52-31(16-66)83-57(89-49)43(76)36(52)69)95-60-46(79)39(72)51(30(15-65)86-60)91-58-44(77)37(70)53(32(17-67)84-58)93-62(88-33)48(81)41(54)74/h1-12,28-81H,13-21H2/t28-,29-,30-,31-,32-,33-,34-,35?,36?,37?,38?,39?,40?,41?,42?,43?,44?,45?,46?,47?,48?,49-,50-,51-,52-,53-,54-,55-,56-,57-,58-,59-,60+,61-,62-/m1/s1. The van der Waals surface area contributed by atoms with Crippen LogP contribution in [-0.4, -0.2) is 357 Å². The molecule has 23 aliphatic rings. The third-order valence-corrected chi connectivity index (χ3v) is 21.2. The van der Waals surface area contributed by atoms with Crippen molar-refractivity contribution in [2.75, 3.05) is 44.5 Å². The zero-order valence-corrected chi connectivity index (χ0v) is 53.2. The minimum atomic E-state index is -2.19. The summed E-state index contributed by atoms with van der Waals surface area (Å²) in [5.41, 5.74) is 5.15. The third-order valence-electron chi connectivity index (χ3n) is 19.0. The molecular weight excluding hydrogens is 1340 g/mol. The van der Waals surface area contributed by atoms with Crippen LogP contribution in [0.1, 0.15) is 11.1 Å². The second kappa shape index (κ2) is 32.0. The summed E-state index contributed by atoms with van der Waals surface area (Å²) in [6, 6.07) is 23.1. The van der Waals surface area contributed by atoms with E-state index in [0.717, 1.165) is 33.4 Å². The molecule has 23 aliphatic heterocycles. The molecule has 3 aromatic rings. The number of thioether (sulfide) groups is 2. The van der Waals surface area contributed by atoms with Crippen LogP contribution in [0, 0.1) is 0 Å². The van der Waals surface area contributed by atoms with Crippen molar-refractivity contribution >= 4 is 23.5 Å². The zero-order chi connectivity index (χ0) is 68.8. The number of rotatable bonds is 5. The predicted octanol–water partition coefficient (Wildman–Crippen LogP) is -7.70. The molecule has 542 valence electrons. The second-order valence-corrected chi connectivity index (χ2v) is 27.4. The molecule has 0 spiro atoms. The van der Waals surface area contributed by atoms with Crippen LogP contribution in [0.2, 0.25) is 0 Å². The lowest BCUT2D eigenvalue weighted by molar-refractivity contribution is -0.395. The van der Waals surface area contributed by atoms with Gasteiger partial charge in [-0.1, -0.05) is 66.7 Å². The number of ether oxygens (including phenoxy) is 14. The van der Waals surface area contributed by atoms with Crippen LogP contribution in [0.5, 0.6) is 0 Å². The largest absolute Gasteiger partial charge is 0.394 e. The number of fused-ring (bicyclic) bond motifs is 2. The highest BCUT2D eigenvalue weighted by atomic mass is 32.2. The van der Waals surface area contributed by atoms with E-state index in [0.29, 0.717) is 11.5 Å². The number of aliphatic hydroxyl groups excluding tert-OH is 19. The van der Waals surface area contributed by atoms with Gasteiger partial charge in [0.2, 0.25) is 0 Å². The Labute approximate surface area is 561 Å². The number of benzene rings is 3. The fraction of sp³-hybridized carbons (Fsp3) is 0.710. The van der Waals surface area contributed by atoms with Crippen LogP contribution in [0.4, 0.5) is 0 Å². The van der Waals surface area contributed by atoms with Crippen molar-refractivity contribution in [3.8, 4) is 22.3 Å². The highest BCUT2D eigenvalue weighted by Crippen LogP contribution is 2.41. The molecule has 3 aromatic carbocycles. The Bertz CT molecular complexity index is 2980. The molecule has 0 aromatic heterocycles. The summed E-state index contributed by atoms with van der Waals surface area (Å²) in [6.07, 6.45) is -68.0. The summed E-state index contributed by atoms with van der Waals surface area (Å²) < 4.78 is 84.4. The maximum absolute atomic E-state index is 12.1. The predicted molar refractivity (Wildman–Crippen MR) is 324 cm³/mol. The topological polar surface area (TPSA) is 514 Å². The summed E-state index contributed by atoms with van der Waals surface area (Å²) >= 11 is 2.49. The smallest absolute Gasteiger partial charge is 0.187 e. The van der Waals surface area contributed by atoms with Gasteiger partial charge in [-0.25, -0.2) is 0 Å². The van der Waals surface area contributed by atoms with Gasteiger partial charge in [-0.3, -0.25) is 0 Å². The van der Waals surface area contributed by atoms with E-state index < -0.39 is 248 Å². The number of hydrogen-bond acceptors (Lipinski definition) is 35. The molecule has 35 atom stereocenters. The van der Waals surface area contributed by atoms with Crippen molar-refractivity contribution in [3.05, 3.63) is 83.9 Å². The van der Waals surface area contributed by atoms with Crippen LogP contribution < -0.4 is 0 Å². The summed E-state index contributed by atoms with van der Waals surface area (Å²) in [5.74, 6) is 0.349. The first kappa shape index (κ1) is 73.8. The van der Waals surface area contributed by atoms with E-state index in [9.17, 15) is 97.0 Å². The van der Waals surface area contributed by atoms with Crippen molar-refractivity contribution in [2.45, 2.75) is 226 Å². The van der Waals surface area contributed by atoms with Crippen molar-refractivity contribution in [3.63, 3.8) is 0 Å². The van der Waals surface area contributed by atoms with Gasteiger partial charge in [0, 0.05) is 23.0 Å². The summed E-state index contributed by atoms with van der Waals surface area (Å²) in [7, 11) is 0. The van der Waals surface area contributed by atoms with Crippen molar-refractivity contribution < 1.29 is 163 Å². The fourth-order valence-corrected chi connectivity index (χ4v) is 15.5. The van der Waals surface area contributed by atoms with Gasteiger partial charge in [0.05, 0.1) is 45.2 Å². The Kier molecular flexibility index (Phi) is 24.3. The molecule has 16 fully saturated rings. The van der Waals surface area contributed by atoms with E-state index in [-0.39, 0.29) is 11.5 Å². The molecule has 0 radical (unpaired) electrons. The first-order valence-corrected chi connectivity index (χ1v) is 34.1. The SMILES string of the molecule is OC[C@H]1O[C@@H]2O[C@H]3C(O)C(O)[C@@H]4O[C@@H]3CSCc3ccc(cc3)-c3cccc(c3)-c3ccc(cc3)CSC[C@H]3O[C@H](O[C@H]5C(O)C(O)[C@H](O[C@@H]5CO)O[C@H]5C(O)C(O)[C@H](O[C@@H]5CO)O[C@H]1C(O)C2O)C(O)C(O)[C@@H]3O[C@@H]1O[C@H](CO)[C@@H](O[C@H]2O[C@H](CO)[C@@H](O4)C(O)C2O)C(O)C1O. The maximum atomic E-state index is 12.1. The molecule has 14 unspecified atom stereocenters. The summed E-state index contributed by atoms with van der Waals surface area (Å²) in [4.78, 5) is 0. The molecule has 0 saturated carbocycles. The minimum absolute atomic E-state index is 0.116. The molecule has 97 heavy (non-hydrogen) atoms. The third kappa shape index (κ3) is 15.2. The van der Waals surface area contributed by atoms with Crippen molar-refractivity contribution in [1.29, 1.82) is 0 Å². The number of hydrogen-bond donors (Lipinski definition) is 19. The second-order valence-electron chi connectivity index (χ2n) is 25.3. The van der Waals surface area contributed by atoms with E-state index in [1.54, 1.807) is 0 Å². The van der Waals surface area contributed by atoms with Crippen LogP contribution in [0.3, 0.4) is 0 Å². The van der Waals surface area contributed by atoms with Crippen molar-refractivity contribution in [2.24, 2.45) is 0 Å². The molecule has 35 heteroatoms. The van der Waals surface area contributed by atoms with Crippen molar-refractivity contribution in [1.82, 2.24) is 0 Å². The average molecular weight is 1420 g/mol. The minimum Gasteiger partial charge on any atom is -0.394 e. The lowest BCUT2D eigenvalue weighted by Gasteiger charge is -2.50. The van der Waals surface area contributed by atoms with Gasteiger partial charge in [0.25, 0.3) is 0 Å². The monoisotopic (exact) mass is 1420 g/mol. The van der Waals surface area contributed by atoms with Gasteiger partial charge in [-0.2, -0.15) is 23.5 Å². The molecule has 33 nitrogen and oxygen atoms in total. The Hall–Kier alpha value is -2.96. The first-order chi connectivity index (χ1) is 46.6. The molecule has 16 saturated heterocycles. The summed E-state index contributed by atoms with van der Waals surface area (Å²) in [5, 5.41) is 218. The Morgan fingerprint density at radius 3 is 0.732 bits per heavy atom. The quantitative estimate of drug-likeness (QED) is 0.113. The molecule has 22 bridgehead atoms. The van der Waals surface area contributed by atoms with Crippen LogP contribution in [0.25, 0.3) is 22.3 Å². The molecule has 0 aliphatic carbocycles. The van der Waals surface area contributed by atoms with Crippen LogP contribution in [0.15, 0.2) is 72.8 Å². The maximum Gasteiger partial charge on any atom is 0.187 e. The van der Waals surface area contributed by atoms with Crippen LogP contribution in [-0.2, 0) is 77.8 Å². The average Bonchev–Trinajstić information content (AvgIpc) is 0.806. The van der Waals surface area contributed by atoms with Crippen LogP contribution >= 0.6 is 23.5 Å². The lowest BCUT2D eigenvalue weighted by atomic mass is 9.95. The molecule has 19 N–H and O–H groups in total.